The Morgan fingerprint density at radius 3 is 2.55 bits per heavy atom. The first-order valence-corrected chi connectivity index (χ1v) is 8.80. The van der Waals surface area contributed by atoms with Crippen LogP contribution in [0.2, 0.25) is 0 Å². The summed E-state index contributed by atoms with van der Waals surface area (Å²) in [5, 5.41) is 13.9. The molecule has 1 fully saturated rings. The van der Waals surface area contributed by atoms with Gasteiger partial charge in [0.25, 0.3) is 0 Å². The third-order valence-electron chi connectivity index (χ3n) is 3.88. The number of likely N-dealkylation sites (N-methyl/N-ethyl adjacent to an activating group) is 1. The molecule has 0 amide bonds. The Morgan fingerprint density at radius 2 is 1.90 bits per heavy atom. The van der Waals surface area contributed by atoms with E-state index in [0.717, 1.165) is 18.2 Å². The summed E-state index contributed by atoms with van der Waals surface area (Å²) < 4.78 is 0. The van der Waals surface area contributed by atoms with E-state index in [0.29, 0.717) is 6.54 Å². The van der Waals surface area contributed by atoms with Crippen molar-refractivity contribution in [3.63, 3.8) is 0 Å². The maximum absolute atomic E-state index is 9.90. The predicted octanol–water partition coefficient (Wildman–Crippen LogP) is 3.62. The van der Waals surface area contributed by atoms with Crippen molar-refractivity contribution >= 4 is 11.8 Å². The van der Waals surface area contributed by atoms with E-state index < -0.39 is 0 Å². The minimum Gasteiger partial charge on any atom is -0.391 e. The fourth-order valence-electron chi connectivity index (χ4n) is 2.73. The van der Waals surface area contributed by atoms with Crippen LogP contribution in [-0.2, 0) is 6.42 Å². The zero-order chi connectivity index (χ0) is 14.2. The average molecular weight is 293 g/mol. The van der Waals surface area contributed by atoms with Crippen molar-refractivity contribution in [1.82, 2.24) is 5.32 Å². The summed E-state index contributed by atoms with van der Waals surface area (Å²) in [6.45, 7) is 3.65. The summed E-state index contributed by atoms with van der Waals surface area (Å²) in [4.78, 5) is 1.38. The molecule has 1 aromatic carbocycles. The topological polar surface area (TPSA) is 32.3 Å². The van der Waals surface area contributed by atoms with Gasteiger partial charge < -0.3 is 10.4 Å². The summed E-state index contributed by atoms with van der Waals surface area (Å²) in [5.41, 5.74) is 1.23. The van der Waals surface area contributed by atoms with Crippen LogP contribution in [-0.4, -0.2) is 29.5 Å². The number of thioether (sulfide) groups is 1. The molecule has 1 aromatic rings. The second-order valence-electron chi connectivity index (χ2n) is 5.69. The highest BCUT2D eigenvalue weighted by molar-refractivity contribution is 8.00. The Kier molecular flexibility index (Phi) is 6.91. The zero-order valence-corrected chi connectivity index (χ0v) is 13.3. The molecule has 1 atom stereocenters. The Hall–Kier alpha value is -0.510. The molecule has 2 rings (SSSR count). The van der Waals surface area contributed by atoms with E-state index in [-0.39, 0.29) is 6.10 Å². The lowest BCUT2D eigenvalue weighted by Crippen LogP contribution is -2.28. The molecule has 0 aromatic heterocycles. The summed E-state index contributed by atoms with van der Waals surface area (Å²) in [6.07, 6.45) is 7.40. The van der Waals surface area contributed by atoms with Crippen LogP contribution in [0, 0.1) is 0 Å². The first kappa shape index (κ1) is 15.9. The molecular weight excluding hydrogens is 266 g/mol. The maximum Gasteiger partial charge on any atom is 0.0704 e. The Labute approximate surface area is 127 Å². The highest BCUT2D eigenvalue weighted by atomic mass is 32.2. The van der Waals surface area contributed by atoms with E-state index >= 15 is 0 Å². The molecule has 0 spiro atoms. The van der Waals surface area contributed by atoms with Gasteiger partial charge in [-0.25, -0.2) is 0 Å². The van der Waals surface area contributed by atoms with Crippen LogP contribution in [0.15, 0.2) is 29.2 Å². The molecule has 0 heterocycles. The molecule has 112 valence electrons. The van der Waals surface area contributed by atoms with Gasteiger partial charge in [-0.1, -0.05) is 38.3 Å². The summed E-state index contributed by atoms with van der Waals surface area (Å²) in [6, 6.07) is 8.77. The molecule has 1 unspecified atom stereocenters. The number of nitrogens with one attached hydrogen (secondary N) is 1. The molecule has 0 radical (unpaired) electrons. The minimum absolute atomic E-state index is 0.285. The van der Waals surface area contributed by atoms with Gasteiger partial charge in [-0.2, -0.15) is 0 Å². The third kappa shape index (κ3) is 5.47. The van der Waals surface area contributed by atoms with Crippen molar-refractivity contribution in [2.24, 2.45) is 0 Å². The fraction of sp³-hybridized carbons (Fsp3) is 0.647. The molecule has 1 aliphatic carbocycles. The molecule has 20 heavy (non-hydrogen) atoms. The van der Waals surface area contributed by atoms with Crippen LogP contribution in [0.5, 0.6) is 0 Å². The van der Waals surface area contributed by atoms with Crippen molar-refractivity contribution in [2.75, 3.05) is 13.1 Å². The summed E-state index contributed by atoms with van der Waals surface area (Å²) >= 11 is 2.03. The van der Waals surface area contributed by atoms with Crippen LogP contribution >= 0.6 is 11.8 Å². The van der Waals surface area contributed by atoms with Gasteiger partial charge in [0.15, 0.2) is 0 Å². The third-order valence-corrected chi connectivity index (χ3v) is 5.23. The fourth-order valence-corrected chi connectivity index (χ4v) is 3.98. The second-order valence-corrected chi connectivity index (χ2v) is 7.06. The van der Waals surface area contributed by atoms with Gasteiger partial charge in [-0.3, -0.25) is 0 Å². The predicted molar refractivity (Wildman–Crippen MR) is 87.4 cm³/mol. The maximum atomic E-state index is 9.90. The van der Waals surface area contributed by atoms with E-state index in [4.69, 9.17) is 0 Å². The standard InChI is InChI=1S/C17H27NOS/c1-2-18-13-15(19)12-14-8-10-17(11-9-14)20-16-6-4-3-5-7-16/h8-11,15-16,18-19H,2-7,12-13H2,1H3. The number of aliphatic hydroxyl groups is 1. The van der Waals surface area contributed by atoms with E-state index in [1.807, 2.05) is 11.8 Å². The second kappa shape index (κ2) is 8.71. The molecule has 0 bridgehead atoms. The molecule has 1 aliphatic rings. The van der Waals surface area contributed by atoms with Crippen molar-refractivity contribution in [2.45, 2.75) is 61.7 Å². The largest absolute Gasteiger partial charge is 0.391 e. The van der Waals surface area contributed by atoms with Gasteiger partial charge in [-0.05, 0) is 43.5 Å². The zero-order valence-electron chi connectivity index (χ0n) is 12.5. The molecule has 3 heteroatoms. The number of benzene rings is 1. The van der Waals surface area contributed by atoms with Crippen LogP contribution in [0.4, 0.5) is 0 Å². The molecule has 1 saturated carbocycles. The van der Waals surface area contributed by atoms with E-state index in [1.165, 1.54) is 42.6 Å². The number of rotatable bonds is 7. The molecule has 0 aliphatic heterocycles. The Bertz CT molecular complexity index is 373. The molecule has 2 N–H and O–H groups in total. The van der Waals surface area contributed by atoms with Gasteiger partial charge in [0, 0.05) is 16.7 Å². The Balaban J connectivity index is 1.79. The lowest BCUT2D eigenvalue weighted by atomic mass is 10.0. The monoisotopic (exact) mass is 293 g/mol. The Morgan fingerprint density at radius 1 is 1.20 bits per heavy atom. The minimum atomic E-state index is -0.285. The lowest BCUT2D eigenvalue weighted by Gasteiger charge is -2.21. The highest BCUT2D eigenvalue weighted by Crippen LogP contribution is 2.33. The molecule has 0 saturated heterocycles. The van der Waals surface area contributed by atoms with Crippen molar-refractivity contribution in [1.29, 1.82) is 0 Å². The first-order valence-electron chi connectivity index (χ1n) is 7.92. The van der Waals surface area contributed by atoms with Gasteiger partial charge in [-0.15, -0.1) is 11.8 Å². The van der Waals surface area contributed by atoms with Crippen LogP contribution < -0.4 is 5.32 Å². The van der Waals surface area contributed by atoms with E-state index in [1.54, 1.807) is 0 Å². The van der Waals surface area contributed by atoms with Gasteiger partial charge in [0.2, 0.25) is 0 Å². The summed E-state index contributed by atoms with van der Waals surface area (Å²) in [7, 11) is 0. The smallest absolute Gasteiger partial charge is 0.0704 e. The van der Waals surface area contributed by atoms with Crippen molar-refractivity contribution in [3.05, 3.63) is 29.8 Å². The van der Waals surface area contributed by atoms with Crippen molar-refractivity contribution < 1.29 is 5.11 Å². The highest BCUT2D eigenvalue weighted by Gasteiger charge is 2.14. The average Bonchev–Trinajstić information content (AvgIpc) is 2.48. The van der Waals surface area contributed by atoms with Gasteiger partial charge >= 0.3 is 0 Å². The van der Waals surface area contributed by atoms with Crippen molar-refractivity contribution in [3.8, 4) is 0 Å². The van der Waals surface area contributed by atoms with Crippen LogP contribution in [0.1, 0.15) is 44.6 Å². The quantitative estimate of drug-likeness (QED) is 0.805. The van der Waals surface area contributed by atoms with E-state index in [2.05, 4.69) is 36.5 Å². The van der Waals surface area contributed by atoms with Crippen LogP contribution in [0.3, 0.4) is 0 Å². The number of hydrogen-bond donors (Lipinski definition) is 2. The molecule has 2 nitrogen and oxygen atoms in total. The summed E-state index contributed by atoms with van der Waals surface area (Å²) in [5.74, 6) is 0. The normalized spacial score (nSPS) is 18.1. The van der Waals surface area contributed by atoms with Crippen LogP contribution in [0.25, 0.3) is 0 Å². The number of aliphatic hydroxyl groups excluding tert-OH is 1. The SMILES string of the molecule is CCNCC(O)Cc1ccc(SC2CCCCC2)cc1. The van der Waals surface area contributed by atoms with Gasteiger partial charge in [0.05, 0.1) is 6.10 Å². The van der Waals surface area contributed by atoms with Gasteiger partial charge in [0.1, 0.15) is 0 Å². The number of hydrogen-bond acceptors (Lipinski definition) is 3. The lowest BCUT2D eigenvalue weighted by molar-refractivity contribution is 0.172. The van der Waals surface area contributed by atoms with E-state index in [9.17, 15) is 5.11 Å². The first-order chi connectivity index (χ1) is 9.78. The molecular formula is C17H27NOS.